The fraction of sp³-hybridized carbons (Fsp3) is 0.0833. The zero-order chi connectivity index (χ0) is 14.0. The second-order valence-electron chi connectivity index (χ2n) is 3.72. The number of aryl methyl sites for hydroxylation is 1. The molecule has 0 saturated carbocycles. The molecule has 0 fully saturated rings. The van der Waals surface area contributed by atoms with E-state index in [1.54, 1.807) is 24.4 Å². The zero-order valence-corrected chi connectivity index (χ0v) is 12.9. The van der Waals surface area contributed by atoms with E-state index in [1.165, 1.54) is 6.07 Å². The fourth-order valence-corrected chi connectivity index (χ4v) is 2.11. The summed E-state index contributed by atoms with van der Waals surface area (Å²) in [6, 6.07) is 6.34. The Bertz CT molecular complexity index is 647. The largest absolute Gasteiger partial charge is 0.438 e. The van der Waals surface area contributed by atoms with Crippen molar-refractivity contribution in [2.45, 2.75) is 6.92 Å². The highest BCUT2D eigenvalue weighted by Gasteiger charge is 2.16. The second-order valence-corrected chi connectivity index (χ2v) is 5.37. The van der Waals surface area contributed by atoms with Gasteiger partial charge in [0.25, 0.3) is 5.69 Å². The summed E-state index contributed by atoms with van der Waals surface area (Å²) in [5, 5.41) is 10.8. The van der Waals surface area contributed by atoms with Gasteiger partial charge in [0, 0.05) is 22.8 Å². The number of hydrogen-bond donors (Lipinski definition) is 0. The number of pyridine rings is 1. The van der Waals surface area contributed by atoms with E-state index in [4.69, 9.17) is 4.74 Å². The smallest absolute Gasteiger partial charge is 0.287 e. The average molecular weight is 388 g/mol. The van der Waals surface area contributed by atoms with E-state index in [9.17, 15) is 10.1 Å². The topological polar surface area (TPSA) is 65.3 Å². The first kappa shape index (κ1) is 14.0. The Balaban J connectivity index is 2.35. The lowest BCUT2D eigenvalue weighted by Crippen LogP contribution is -1.94. The molecule has 1 heterocycles. The number of benzene rings is 1. The molecule has 98 valence electrons. The quantitative estimate of drug-likeness (QED) is 0.569. The van der Waals surface area contributed by atoms with Crippen LogP contribution >= 0.6 is 31.9 Å². The van der Waals surface area contributed by atoms with Crippen LogP contribution in [-0.2, 0) is 0 Å². The third-order valence-corrected chi connectivity index (χ3v) is 4.00. The van der Waals surface area contributed by atoms with Crippen LogP contribution < -0.4 is 4.74 Å². The Labute approximate surface area is 126 Å². The number of nitrogens with zero attached hydrogens (tertiary/aromatic N) is 2. The third-order valence-electron chi connectivity index (χ3n) is 2.38. The minimum atomic E-state index is -0.475. The summed E-state index contributed by atoms with van der Waals surface area (Å²) < 4.78 is 6.72. The van der Waals surface area contributed by atoms with Crippen LogP contribution in [0, 0.1) is 17.0 Å². The molecule has 1 aromatic carbocycles. The number of ether oxygens (including phenoxy) is 1. The molecular weight excluding hydrogens is 380 g/mol. The van der Waals surface area contributed by atoms with Crippen LogP contribution in [0.25, 0.3) is 0 Å². The van der Waals surface area contributed by atoms with Crippen LogP contribution in [0.2, 0.25) is 0 Å². The average Bonchev–Trinajstić information content (AvgIpc) is 2.36. The summed E-state index contributed by atoms with van der Waals surface area (Å²) in [5.74, 6) is 0.727. The van der Waals surface area contributed by atoms with Gasteiger partial charge in [0.2, 0.25) is 5.88 Å². The number of aromatic nitrogens is 1. The van der Waals surface area contributed by atoms with Gasteiger partial charge in [-0.05, 0) is 50.4 Å². The Morgan fingerprint density at radius 2 is 2.11 bits per heavy atom. The van der Waals surface area contributed by atoms with Crippen molar-refractivity contribution in [2.24, 2.45) is 0 Å². The number of nitro groups is 1. The first-order valence-electron chi connectivity index (χ1n) is 5.22. The predicted octanol–water partition coefficient (Wildman–Crippen LogP) is 4.62. The number of nitro benzene ring substituents is 1. The predicted molar refractivity (Wildman–Crippen MR) is 77.5 cm³/mol. The van der Waals surface area contributed by atoms with Crippen molar-refractivity contribution in [1.29, 1.82) is 0 Å². The molecular formula is C12H8Br2N2O3. The molecule has 0 amide bonds. The highest BCUT2D eigenvalue weighted by Crippen LogP contribution is 2.36. The molecule has 0 aliphatic heterocycles. The molecule has 0 atom stereocenters. The number of hydrogen-bond acceptors (Lipinski definition) is 4. The minimum Gasteiger partial charge on any atom is -0.438 e. The summed E-state index contributed by atoms with van der Waals surface area (Å²) in [6.07, 6.45) is 1.62. The van der Waals surface area contributed by atoms with Crippen molar-refractivity contribution in [3.8, 4) is 11.6 Å². The van der Waals surface area contributed by atoms with E-state index in [-0.39, 0.29) is 5.69 Å². The molecule has 0 spiro atoms. The van der Waals surface area contributed by atoms with Crippen LogP contribution in [0.5, 0.6) is 11.6 Å². The zero-order valence-electron chi connectivity index (χ0n) is 9.76. The molecule has 0 aliphatic rings. The van der Waals surface area contributed by atoms with E-state index in [1.807, 2.05) is 6.92 Å². The van der Waals surface area contributed by atoms with E-state index >= 15 is 0 Å². The van der Waals surface area contributed by atoms with Crippen molar-refractivity contribution >= 4 is 37.5 Å². The molecule has 0 bridgehead atoms. The number of rotatable bonds is 3. The van der Waals surface area contributed by atoms with Crippen molar-refractivity contribution in [3.63, 3.8) is 0 Å². The molecule has 7 heteroatoms. The maximum atomic E-state index is 10.8. The van der Waals surface area contributed by atoms with Gasteiger partial charge in [0.15, 0.2) is 5.75 Å². The van der Waals surface area contributed by atoms with Gasteiger partial charge in [-0.25, -0.2) is 4.98 Å². The van der Waals surface area contributed by atoms with Gasteiger partial charge in [-0.3, -0.25) is 10.1 Å². The standard InChI is InChI=1S/C12H8Br2N2O3/c1-7-5-11(15-6-8(7)13)19-10-4-2-3-9(12(10)14)16(17)18/h2-6H,1H3. The maximum Gasteiger partial charge on any atom is 0.287 e. The van der Waals surface area contributed by atoms with Crippen LogP contribution in [0.3, 0.4) is 0 Å². The van der Waals surface area contributed by atoms with Crippen LogP contribution in [0.1, 0.15) is 5.56 Å². The van der Waals surface area contributed by atoms with Crippen molar-refractivity contribution < 1.29 is 9.66 Å². The summed E-state index contributed by atoms with van der Waals surface area (Å²) in [7, 11) is 0. The van der Waals surface area contributed by atoms with Crippen molar-refractivity contribution in [1.82, 2.24) is 4.98 Å². The van der Waals surface area contributed by atoms with E-state index < -0.39 is 4.92 Å². The summed E-state index contributed by atoms with van der Waals surface area (Å²) in [6.45, 7) is 1.90. The van der Waals surface area contributed by atoms with Gasteiger partial charge < -0.3 is 4.74 Å². The fourth-order valence-electron chi connectivity index (χ4n) is 1.40. The van der Waals surface area contributed by atoms with Gasteiger partial charge >= 0.3 is 0 Å². The Morgan fingerprint density at radius 1 is 1.37 bits per heavy atom. The SMILES string of the molecule is Cc1cc(Oc2cccc([N+](=O)[O-])c2Br)ncc1Br. The van der Waals surface area contributed by atoms with Gasteiger partial charge in [-0.15, -0.1) is 0 Å². The molecule has 0 aliphatic carbocycles. The van der Waals surface area contributed by atoms with E-state index in [2.05, 4.69) is 36.8 Å². The Hall–Kier alpha value is -1.47. The van der Waals surface area contributed by atoms with Crippen LogP contribution in [0.15, 0.2) is 39.4 Å². The highest BCUT2D eigenvalue weighted by molar-refractivity contribution is 9.11. The van der Waals surface area contributed by atoms with E-state index in [0.717, 1.165) is 10.0 Å². The molecule has 0 N–H and O–H groups in total. The first-order chi connectivity index (χ1) is 8.99. The minimum absolute atomic E-state index is 0.0497. The Kier molecular flexibility index (Phi) is 4.16. The van der Waals surface area contributed by atoms with Gasteiger partial charge in [0.1, 0.15) is 4.47 Å². The monoisotopic (exact) mass is 386 g/mol. The molecule has 2 aromatic rings. The van der Waals surface area contributed by atoms with E-state index in [0.29, 0.717) is 16.1 Å². The molecule has 0 saturated heterocycles. The van der Waals surface area contributed by atoms with Gasteiger partial charge in [0.05, 0.1) is 4.92 Å². The van der Waals surface area contributed by atoms with Gasteiger partial charge in [-0.2, -0.15) is 0 Å². The van der Waals surface area contributed by atoms with Crippen LogP contribution in [-0.4, -0.2) is 9.91 Å². The maximum absolute atomic E-state index is 10.8. The molecule has 1 aromatic heterocycles. The third kappa shape index (κ3) is 3.10. The summed E-state index contributed by atoms with van der Waals surface area (Å²) in [4.78, 5) is 14.4. The summed E-state index contributed by atoms with van der Waals surface area (Å²) in [5.41, 5.74) is 0.915. The van der Waals surface area contributed by atoms with Crippen molar-refractivity contribution in [3.05, 3.63) is 55.1 Å². The van der Waals surface area contributed by atoms with Crippen LogP contribution in [0.4, 0.5) is 5.69 Å². The van der Waals surface area contributed by atoms with Gasteiger partial charge in [-0.1, -0.05) is 6.07 Å². The molecule has 5 nitrogen and oxygen atoms in total. The molecule has 2 rings (SSSR count). The Morgan fingerprint density at radius 3 is 2.74 bits per heavy atom. The van der Waals surface area contributed by atoms with Crippen molar-refractivity contribution in [2.75, 3.05) is 0 Å². The lowest BCUT2D eigenvalue weighted by molar-refractivity contribution is -0.385. The first-order valence-corrected chi connectivity index (χ1v) is 6.80. The molecule has 0 unspecified atom stereocenters. The molecule has 19 heavy (non-hydrogen) atoms. The normalized spacial score (nSPS) is 10.3. The lowest BCUT2D eigenvalue weighted by Gasteiger charge is -2.08. The molecule has 0 radical (unpaired) electrons. The summed E-state index contributed by atoms with van der Waals surface area (Å²) >= 11 is 6.51. The lowest BCUT2D eigenvalue weighted by atomic mass is 10.3. The number of halogens is 2. The second kappa shape index (κ2) is 5.66. The highest BCUT2D eigenvalue weighted by atomic mass is 79.9.